The van der Waals surface area contributed by atoms with Crippen molar-refractivity contribution in [2.24, 2.45) is 7.05 Å². The fourth-order valence-corrected chi connectivity index (χ4v) is 2.18. The van der Waals surface area contributed by atoms with E-state index < -0.39 is 0 Å². The monoisotopic (exact) mass is 272 g/mol. The molecule has 0 unspecified atom stereocenters. The number of hydrogen-bond donors (Lipinski definition) is 2. The molecule has 0 saturated carbocycles. The van der Waals surface area contributed by atoms with Gasteiger partial charge in [-0.1, -0.05) is 13.0 Å². The van der Waals surface area contributed by atoms with Crippen LogP contribution < -0.4 is 11.1 Å². The van der Waals surface area contributed by atoms with E-state index in [1.807, 2.05) is 26.2 Å². The van der Waals surface area contributed by atoms with Gasteiger partial charge in [0.1, 0.15) is 0 Å². The van der Waals surface area contributed by atoms with Crippen molar-refractivity contribution >= 4 is 11.6 Å². The Hall–Kier alpha value is -2.30. The van der Waals surface area contributed by atoms with Gasteiger partial charge in [0.2, 0.25) is 0 Å². The van der Waals surface area contributed by atoms with E-state index >= 15 is 0 Å². The van der Waals surface area contributed by atoms with Gasteiger partial charge in [0.05, 0.1) is 5.69 Å². The van der Waals surface area contributed by atoms with Crippen molar-refractivity contribution in [3.8, 4) is 0 Å². The molecule has 1 amide bonds. The number of nitrogens with zero attached hydrogens (tertiary/aromatic N) is 2. The second kappa shape index (κ2) is 5.77. The Morgan fingerprint density at radius 2 is 2.20 bits per heavy atom. The summed E-state index contributed by atoms with van der Waals surface area (Å²) in [4.78, 5) is 12.2. The highest BCUT2D eigenvalue weighted by Gasteiger charge is 2.11. The predicted molar refractivity (Wildman–Crippen MR) is 79.3 cm³/mol. The fraction of sp³-hybridized carbons (Fsp3) is 0.333. The number of amides is 1. The van der Waals surface area contributed by atoms with Gasteiger partial charge < -0.3 is 11.1 Å². The Bertz CT molecular complexity index is 631. The van der Waals surface area contributed by atoms with Gasteiger partial charge in [-0.2, -0.15) is 5.10 Å². The maximum atomic E-state index is 12.2. The highest BCUT2D eigenvalue weighted by Crippen LogP contribution is 2.13. The maximum Gasteiger partial charge on any atom is 0.251 e. The second-order valence-electron chi connectivity index (χ2n) is 4.89. The lowest BCUT2D eigenvalue weighted by Gasteiger charge is -2.08. The van der Waals surface area contributed by atoms with Crippen LogP contribution >= 0.6 is 0 Å². The van der Waals surface area contributed by atoms with Gasteiger partial charge in [0.15, 0.2) is 0 Å². The zero-order chi connectivity index (χ0) is 14.7. The molecule has 0 radical (unpaired) electrons. The van der Waals surface area contributed by atoms with Gasteiger partial charge in [0.25, 0.3) is 5.91 Å². The quantitative estimate of drug-likeness (QED) is 0.834. The van der Waals surface area contributed by atoms with Crippen LogP contribution in [-0.4, -0.2) is 15.7 Å². The zero-order valence-corrected chi connectivity index (χ0v) is 12.1. The van der Waals surface area contributed by atoms with Crippen molar-refractivity contribution in [2.45, 2.75) is 26.8 Å². The average Bonchev–Trinajstić information content (AvgIpc) is 2.79. The summed E-state index contributed by atoms with van der Waals surface area (Å²) in [6.45, 7) is 4.43. The Kier molecular flexibility index (Phi) is 4.08. The molecule has 0 atom stereocenters. The molecule has 5 heteroatoms. The normalized spacial score (nSPS) is 10.6. The second-order valence-corrected chi connectivity index (χ2v) is 4.89. The van der Waals surface area contributed by atoms with E-state index in [9.17, 15) is 4.79 Å². The standard InChI is InChI=1S/C15H20N4O/c1-4-14-11(9-19(3)18-14)8-17-15(20)13-7-12(16)6-5-10(13)2/h5-7,9H,4,8,16H2,1-3H3,(H,17,20). The van der Waals surface area contributed by atoms with Crippen molar-refractivity contribution < 1.29 is 4.79 Å². The Morgan fingerprint density at radius 1 is 1.45 bits per heavy atom. The molecule has 0 aliphatic heterocycles. The summed E-state index contributed by atoms with van der Waals surface area (Å²) in [6.07, 6.45) is 2.79. The van der Waals surface area contributed by atoms with Gasteiger partial charge in [-0.15, -0.1) is 0 Å². The van der Waals surface area contributed by atoms with Crippen LogP contribution in [0.1, 0.15) is 34.1 Å². The summed E-state index contributed by atoms with van der Waals surface area (Å²) in [7, 11) is 1.88. The first-order chi connectivity index (χ1) is 9.51. The van der Waals surface area contributed by atoms with Crippen LogP contribution in [-0.2, 0) is 20.0 Å². The molecule has 0 aliphatic rings. The van der Waals surface area contributed by atoms with Gasteiger partial charge in [0, 0.05) is 36.6 Å². The van der Waals surface area contributed by atoms with Gasteiger partial charge in [-0.3, -0.25) is 9.48 Å². The van der Waals surface area contributed by atoms with Crippen LogP contribution in [0.4, 0.5) is 5.69 Å². The van der Waals surface area contributed by atoms with Crippen molar-refractivity contribution in [1.29, 1.82) is 0 Å². The number of anilines is 1. The number of benzene rings is 1. The minimum atomic E-state index is -0.110. The molecule has 0 aliphatic carbocycles. The molecule has 5 nitrogen and oxygen atoms in total. The minimum absolute atomic E-state index is 0.110. The first-order valence-corrected chi connectivity index (χ1v) is 6.67. The topological polar surface area (TPSA) is 72.9 Å². The number of rotatable bonds is 4. The molecule has 20 heavy (non-hydrogen) atoms. The van der Waals surface area contributed by atoms with Gasteiger partial charge in [-0.05, 0) is 31.0 Å². The number of nitrogen functional groups attached to an aromatic ring is 1. The van der Waals surface area contributed by atoms with E-state index in [2.05, 4.69) is 17.3 Å². The fourth-order valence-electron chi connectivity index (χ4n) is 2.18. The third-order valence-electron chi connectivity index (χ3n) is 3.27. The van der Waals surface area contributed by atoms with E-state index in [1.165, 1.54) is 0 Å². The molecule has 2 rings (SSSR count). The van der Waals surface area contributed by atoms with E-state index in [-0.39, 0.29) is 5.91 Å². The number of aryl methyl sites for hydroxylation is 3. The van der Waals surface area contributed by atoms with E-state index in [0.29, 0.717) is 17.8 Å². The molecule has 2 aromatic rings. The van der Waals surface area contributed by atoms with E-state index in [4.69, 9.17) is 5.73 Å². The van der Waals surface area contributed by atoms with Crippen LogP contribution in [0.3, 0.4) is 0 Å². The van der Waals surface area contributed by atoms with Gasteiger partial charge >= 0.3 is 0 Å². The van der Waals surface area contributed by atoms with Crippen LogP contribution in [0.25, 0.3) is 0 Å². The number of carbonyl (C=O) groups is 1. The summed E-state index contributed by atoms with van der Waals surface area (Å²) < 4.78 is 1.77. The number of nitrogens with two attached hydrogens (primary N) is 1. The smallest absolute Gasteiger partial charge is 0.251 e. The predicted octanol–water partition coefficient (Wildman–Crippen LogP) is 1.80. The van der Waals surface area contributed by atoms with Crippen LogP contribution in [0.5, 0.6) is 0 Å². The van der Waals surface area contributed by atoms with Crippen molar-refractivity contribution in [2.75, 3.05) is 5.73 Å². The number of hydrogen-bond acceptors (Lipinski definition) is 3. The Morgan fingerprint density at radius 3 is 2.90 bits per heavy atom. The highest BCUT2D eigenvalue weighted by molar-refractivity contribution is 5.96. The van der Waals surface area contributed by atoms with Crippen LogP contribution in [0.15, 0.2) is 24.4 Å². The summed E-state index contributed by atoms with van der Waals surface area (Å²) in [5, 5.41) is 7.28. The number of carbonyl (C=O) groups excluding carboxylic acids is 1. The van der Waals surface area contributed by atoms with Crippen LogP contribution in [0, 0.1) is 6.92 Å². The maximum absolute atomic E-state index is 12.2. The first kappa shape index (κ1) is 14.1. The lowest BCUT2D eigenvalue weighted by Crippen LogP contribution is -2.24. The molecule has 3 N–H and O–H groups in total. The lowest BCUT2D eigenvalue weighted by molar-refractivity contribution is 0.0950. The van der Waals surface area contributed by atoms with Crippen molar-refractivity contribution in [3.05, 3.63) is 46.8 Å². The SMILES string of the molecule is CCc1nn(C)cc1CNC(=O)c1cc(N)ccc1C. The summed E-state index contributed by atoms with van der Waals surface area (Å²) >= 11 is 0. The molecule has 0 fully saturated rings. The van der Waals surface area contributed by atoms with E-state index in [1.54, 1.807) is 16.8 Å². The highest BCUT2D eigenvalue weighted by atomic mass is 16.1. The third-order valence-corrected chi connectivity index (χ3v) is 3.27. The lowest BCUT2D eigenvalue weighted by atomic mass is 10.1. The molecule has 0 spiro atoms. The summed E-state index contributed by atoms with van der Waals surface area (Å²) in [6, 6.07) is 5.35. The molecule has 0 saturated heterocycles. The largest absolute Gasteiger partial charge is 0.399 e. The Labute approximate surface area is 118 Å². The molecule has 1 aromatic heterocycles. The van der Waals surface area contributed by atoms with Crippen molar-refractivity contribution in [3.63, 3.8) is 0 Å². The van der Waals surface area contributed by atoms with Gasteiger partial charge in [-0.25, -0.2) is 0 Å². The van der Waals surface area contributed by atoms with Crippen LogP contribution in [0.2, 0.25) is 0 Å². The third kappa shape index (κ3) is 2.99. The number of aromatic nitrogens is 2. The Balaban J connectivity index is 2.10. The number of nitrogens with one attached hydrogen (secondary N) is 1. The molecule has 106 valence electrons. The molecule has 0 bridgehead atoms. The van der Waals surface area contributed by atoms with Crippen molar-refractivity contribution in [1.82, 2.24) is 15.1 Å². The average molecular weight is 272 g/mol. The molecule has 1 heterocycles. The molecule has 1 aromatic carbocycles. The molecular formula is C15H20N4O. The molecular weight excluding hydrogens is 252 g/mol. The zero-order valence-electron chi connectivity index (χ0n) is 12.1. The minimum Gasteiger partial charge on any atom is -0.399 e. The van der Waals surface area contributed by atoms with E-state index in [0.717, 1.165) is 23.2 Å². The summed E-state index contributed by atoms with van der Waals surface area (Å²) in [5.41, 5.74) is 9.91. The first-order valence-electron chi connectivity index (χ1n) is 6.67. The summed E-state index contributed by atoms with van der Waals surface area (Å²) in [5.74, 6) is -0.110.